The third-order valence-corrected chi connectivity index (χ3v) is 3.32. The number of hydrogen-bond donors (Lipinski definition) is 1. The van der Waals surface area contributed by atoms with E-state index in [1.54, 1.807) is 0 Å². The van der Waals surface area contributed by atoms with Crippen LogP contribution in [0.25, 0.3) is 0 Å². The summed E-state index contributed by atoms with van der Waals surface area (Å²) < 4.78 is 5.41. The topological polar surface area (TPSA) is 32.7 Å². The average molecular weight is 185 g/mol. The first-order valence-corrected chi connectivity index (χ1v) is 5.30. The van der Waals surface area contributed by atoms with E-state index in [1.807, 2.05) is 0 Å². The average Bonchev–Trinajstić information content (AvgIpc) is 2.52. The quantitative estimate of drug-likeness (QED) is 0.650. The Hall–Kier alpha value is -0.120. The van der Waals surface area contributed by atoms with Crippen LogP contribution < -0.4 is 0 Å². The Morgan fingerprint density at radius 1 is 1.38 bits per heavy atom. The van der Waals surface area contributed by atoms with E-state index in [0.717, 1.165) is 19.6 Å². The Balaban J connectivity index is 1.97. The molecule has 76 valence electrons. The molecule has 0 amide bonds. The monoisotopic (exact) mass is 185 g/mol. The lowest BCUT2D eigenvalue weighted by Gasteiger charge is -2.37. The highest BCUT2D eigenvalue weighted by molar-refractivity contribution is 4.88. The first kappa shape index (κ1) is 9.44. The van der Waals surface area contributed by atoms with E-state index < -0.39 is 0 Å². The van der Waals surface area contributed by atoms with Gasteiger partial charge in [-0.2, -0.15) is 0 Å². The molecule has 0 bridgehead atoms. The number of aliphatic hydroxyl groups excluding tert-OH is 1. The predicted octanol–water partition coefficient (Wildman–Crippen LogP) is 0.620. The molecular weight excluding hydrogens is 166 g/mol. The summed E-state index contributed by atoms with van der Waals surface area (Å²) in [4.78, 5) is 2.41. The number of nitrogens with zero attached hydrogens (tertiary/aromatic N) is 1. The van der Waals surface area contributed by atoms with Crippen LogP contribution in [-0.4, -0.2) is 48.0 Å². The molecule has 0 aromatic carbocycles. The van der Waals surface area contributed by atoms with Crippen molar-refractivity contribution < 1.29 is 9.84 Å². The zero-order valence-corrected chi connectivity index (χ0v) is 8.28. The molecule has 0 aromatic rings. The third-order valence-electron chi connectivity index (χ3n) is 3.32. The maximum atomic E-state index is 9.83. The molecule has 3 unspecified atom stereocenters. The molecule has 2 heterocycles. The number of likely N-dealkylation sites (tertiary alicyclic amines) is 1. The maximum absolute atomic E-state index is 9.83. The van der Waals surface area contributed by atoms with Gasteiger partial charge in [0.05, 0.1) is 18.8 Å². The Morgan fingerprint density at radius 3 is 2.85 bits per heavy atom. The lowest BCUT2D eigenvalue weighted by molar-refractivity contribution is -0.0633. The van der Waals surface area contributed by atoms with Crippen LogP contribution in [0.1, 0.15) is 26.2 Å². The molecule has 0 aliphatic carbocycles. The Bertz CT molecular complexity index is 174. The minimum absolute atomic E-state index is 0.172. The van der Waals surface area contributed by atoms with Gasteiger partial charge in [0.2, 0.25) is 0 Å². The van der Waals surface area contributed by atoms with Crippen molar-refractivity contribution in [2.24, 2.45) is 0 Å². The summed E-state index contributed by atoms with van der Waals surface area (Å²) >= 11 is 0. The standard InChI is InChI=1S/C10H19NO2/c1-8-3-2-5-11(8)9-7-13-6-4-10(9)12/h8-10,12H,2-7H2,1H3. The van der Waals surface area contributed by atoms with Gasteiger partial charge in [0.25, 0.3) is 0 Å². The molecule has 3 nitrogen and oxygen atoms in total. The lowest BCUT2D eigenvalue weighted by atomic mass is 10.0. The first-order chi connectivity index (χ1) is 6.29. The van der Waals surface area contributed by atoms with Crippen LogP contribution in [0.2, 0.25) is 0 Å². The summed E-state index contributed by atoms with van der Waals surface area (Å²) in [6, 6.07) is 0.882. The van der Waals surface area contributed by atoms with Crippen LogP contribution in [0.4, 0.5) is 0 Å². The van der Waals surface area contributed by atoms with Gasteiger partial charge in [-0.15, -0.1) is 0 Å². The van der Waals surface area contributed by atoms with Crippen LogP contribution in [0, 0.1) is 0 Å². The summed E-state index contributed by atoms with van der Waals surface area (Å²) in [5.74, 6) is 0. The summed E-state index contributed by atoms with van der Waals surface area (Å²) in [7, 11) is 0. The van der Waals surface area contributed by atoms with Gasteiger partial charge in [-0.25, -0.2) is 0 Å². The van der Waals surface area contributed by atoms with E-state index in [-0.39, 0.29) is 12.1 Å². The smallest absolute Gasteiger partial charge is 0.0739 e. The summed E-state index contributed by atoms with van der Waals surface area (Å²) in [5, 5.41) is 9.83. The highest BCUT2D eigenvalue weighted by atomic mass is 16.5. The van der Waals surface area contributed by atoms with E-state index in [0.29, 0.717) is 12.6 Å². The zero-order valence-electron chi connectivity index (χ0n) is 8.28. The van der Waals surface area contributed by atoms with E-state index in [4.69, 9.17) is 4.74 Å². The van der Waals surface area contributed by atoms with Gasteiger partial charge in [0.1, 0.15) is 0 Å². The van der Waals surface area contributed by atoms with Gasteiger partial charge in [-0.3, -0.25) is 4.90 Å². The Morgan fingerprint density at radius 2 is 2.23 bits per heavy atom. The molecule has 0 spiro atoms. The van der Waals surface area contributed by atoms with Crippen LogP contribution in [-0.2, 0) is 4.74 Å². The number of hydrogen-bond acceptors (Lipinski definition) is 3. The van der Waals surface area contributed by atoms with E-state index in [9.17, 15) is 5.11 Å². The van der Waals surface area contributed by atoms with Crippen molar-refractivity contribution in [2.75, 3.05) is 19.8 Å². The van der Waals surface area contributed by atoms with Crippen LogP contribution in [0.15, 0.2) is 0 Å². The van der Waals surface area contributed by atoms with Crippen molar-refractivity contribution in [3.63, 3.8) is 0 Å². The van der Waals surface area contributed by atoms with Crippen LogP contribution >= 0.6 is 0 Å². The summed E-state index contributed by atoms with van der Waals surface area (Å²) in [6.45, 7) is 4.81. The second-order valence-electron chi connectivity index (χ2n) is 4.23. The molecule has 2 aliphatic rings. The highest BCUT2D eigenvalue weighted by Gasteiger charge is 2.34. The van der Waals surface area contributed by atoms with E-state index in [2.05, 4.69) is 11.8 Å². The molecule has 0 radical (unpaired) electrons. The van der Waals surface area contributed by atoms with Crippen molar-refractivity contribution in [1.29, 1.82) is 0 Å². The SMILES string of the molecule is CC1CCCN1C1COCCC1O. The van der Waals surface area contributed by atoms with Gasteiger partial charge >= 0.3 is 0 Å². The molecule has 0 aromatic heterocycles. The molecule has 13 heavy (non-hydrogen) atoms. The minimum atomic E-state index is -0.172. The van der Waals surface area contributed by atoms with Gasteiger partial charge in [-0.05, 0) is 32.7 Å². The molecule has 2 saturated heterocycles. The third kappa shape index (κ3) is 1.87. The highest BCUT2D eigenvalue weighted by Crippen LogP contribution is 2.24. The van der Waals surface area contributed by atoms with Gasteiger partial charge in [-0.1, -0.05) is 0 Å². The Kier molecular flexibility index (Phi) is 2.86. The fourth-order valence-electron chi connectivity index (χ4n) is 2.48. The van der Waals surface area contributed by atoms with Crippen molar-refractivity contribution in [2.45, 2.75) is 44.4 Å². The number of ether oxygens (including phenoxy) is 1. The van der Waals surface area contributed by atoms with Gasteiger partial charge < -0.3 is 9.84 Å². The fourth-order valence-corrected chi connectivity index (χ4v) is 2.48. The normalized spacial score (nSPS) is 42.5. The van der Waals surface area contributed by atoms with Gasteiger partial charge in [0.15, 0.2) is 0 Å². The second-order valence-corrected chi connectivity index (χ2v) is 4.23. The van der Waals surface area contributed by atoms with Crippen molar-refractivity contribution >= 4 is 0 Å². The van der Waals surface area contributed by atoms with Crippen LogP contribution in [0.5, 0.6) is 0 Å². The first-order valence-electron chi connectivity index (χ1n) is 5.30. The molecular formula is C10H19NO2. The van der Waals surface area contributed by atoms with Crippen molar-refractivity contribution in [1.82, 2.24) is 4.90 Å². The molecule has 3 heteroatoms. The maximum Gasteiger partial charge on any atom is 0.0739 e. The lowest BCUT2D eigenvalue weighted by Crippen LogP contribution is -2.50. The summed E-state index contributed by atoms with van der Waals surface area (Å²) in [6.07, 6.45) is 3.16. The molecule has 2 rings (SSSR count). The molecule has 1 N–H and O–H groups in total. The number of aliphatic hydroxyl groups is 1. The molecule has 2 fully saturated rings. The predicted molar refractivity (Wildman–Crippen MR) is 50.6 cm³/mol. The number of rotatable bonds is 1. The summed E-state index contributed by atoms with van der Waals surface area (Å²) in [5.41, 5.74) is 0. The van der Waals surface area contributed by atoms with E-state index >= 15 is 0 Å². The Labute approximate surface area is 79.7 Å². The molecule has 2 aliphatic heterocycles. The zero-order chi connectivity index (χ0) is 9.26. The van der Waals surface area contributed by atoms with Gasteiger partial charge in [0, 0.05) is 12.6 Å². The largest absolute Gasteiger partial charge is 0.391 e. The van der Waals surface area contributed by atoms with Crippen molar-refractivity contribution in [3.05, 3.63) is 0 Å². The van der Waals surface area contributed by atoms with Crippen molar-refractivity contribution in [3.8, 4) is 0 Å². The fraction of sp³-hybridized carbons (Fsp3) is 1.00. The minimum Gasteiger partial charge on any atom is -0.391 e. The molecule has 3 atom stereocenters. The van der Waals surface area contributed by atoms with Crippen LogP contribution in [0.3, 0.4) is 0 Å². The second kappa shape index (κ2) is 3.95. The molecule has 0 saturated carbocycles. The van der Waals surface area contributed by atoms with E-state index in [1.165, 1.54) is 12.8 Å².